The summed E-state index contributed by atoms with van der Waals surface area (Å²) in [5.74, 6) is -0.683. The van der Waals surface area contributed by atoms with Gasteiger partial charge in [0.05, 0.1) is 0 Å². The average molecular weight is 580 g/mol. The van der Waals surface area contributed by atoms with Gasteiger partial charge in [-0.15, -0.1) is 0 Å². The second-order valence-electron chi connectivity index (χ2n) is 11.2. The molecule has 1 atom stereocenters. The molecule has 3 aromatic carbocycles. The monoisotopic (exact) mass is 579 g/mol. The first-order valence-corrected chi connectivity index (χ1v) is 14.7. The maximum atomic E-state index is 13.7. The number of carbonyl (C=O) groups excluding carboxylic acids is 2. The third kappa shape index (κ3) is 7.04. The molecule has 1 aliphatic rings. The molecule has 2 N–H and O–H groups in total. The van der Waals surface area contributed by atoms with Crippen molar-refractivity contribution in [3.63, 3.8) is 0 Å². The summed E-state index contributed by atoms with van der Waals surface area (Å²) in [4.78, 5) is 28.6. The van der Waals surface area contributed by atoms with Crippen LogP contribution in [0.4, 0.5) is 13.2 Å². The summed E-state index contributed by atoms with van der Waals surface area (Å²) in [6.07, 6.45) is -1.84. The summed E-state index contributed by atoms with van der Waals surface area (Å²) in [7, 11) is 0. The van der Waals surface area contributed by atoms with E-state index in [1.54, 1.807) is 0 Å². The van der Waals surface area contributed by atoms with Crippen molar-refractivity contribution < 1.29 is 22.8 Å². The number of rotatable bonds is 13. The highest BCUT2D eigenvalue weighted by Gasteiger charge is 2.49. The van der Waals surface area contributed by atoms with Crippen molar-refractivity contribution in [1.29, 1.82) is 0 Å². The maximum absolute atomic E-state index is 13.7. The molecule has 5 nitrogen and oxygen atoms in total. The van der Waals surface area contributed by atoms with E-state index in [1.807, 2.05) is 86.6 Å². The molecule has 0 spiro atoms. The Labute approximate surface area is 246 Å². The van der Waals surface area contributed by atoms with Gasteiger partial charge in [0.15, 0.2) is 0 Å². The van der Waals surface area contributed by atoms with Crippen LogP contribution in [0.2, 0.25) is 0 Å². The van der Waals surface area contributed by atoms with Gasteiger partial charge in [-0.25, -0.2) is 0 Å². The predicted molar refractivity (Wildman–Crippen MR) is 160 cm³/mol. The van der Waals surface area contributed by atoms with Gasteiger partial charge in [0.2, 0.25) is 5.91 Å². The van der Waals surface area contributed by atoms with Crippen LogP contribution in [-0.2, 0) is 10.2 Å². The number of alkyl halides is 3. The zero-order valence-corrected chi connectivity index (χ0v) is 24.6. The lowest BCUT2D eigenvalue weighted by molar-refractivity contribution is -0.141. The summed E-state index contributed by atoms with van der Waals surface area (Å²) in [5, 5.41) is 5.29. The van der Waals surface area contributed by atoms with Crippen molar-refractivity contribution in [2.24, 2.45) is 0 Å². The number of halogens is 3. The molecule has 1 unspecified atom stereocenters. The molecule has 0 bridgehead atoms. The Balaban J connectivity index is 1.39. The number of carbonyl (C=O) groups is 2. The number of unbranched alkanes of at least 4 members (excludes halogenated alkanes) is 1. The van der Waals surface area contributed by atoms with E-state index in [9.17, 15) is 22.8 Å². The van der Waals surface area contributed by atoms with E-state index in [0.717, 1.165) is 60.3 Å². The Bertz CT molecular complexity index is 1340. The van der Waals surface area contributed by atoms with Gasteiger partial charge in [-0.1, -0.05) is 80.1 Å². The van der Waals surface area contributed by atoms with Crippen molar-refractivity contribution in [3.05, 3.63) is 95.1 Å². The molecular formula is C34H40F3N3O2. The molecule has 224 valence electrons. The summed E-state index contributed by atoms with van der Waals surface area (Å²) < 4.78 is 39.3. The van der Waals surface area contributed by atoms with Gasteiger partial charge < -0.3 is 15.5 Å². The van der Waals surface area contributed by atoms with Gasteiger partial charge in [-0.05, 0) is 80.1 Å². The van der Waals surface area contributed by atoms with Gasteiger partial charge in [0.1, 0.15) is 12.0 Å². The van der Waals surface area contributed by atoms with Crippen LogP contribution in [0.3, 0.4) is 0 Å². The third-order valence-corrected chi connectivity index (χ3v) is 8.27. The summed E-state index contributed by atoms with van der Waals surface area (Å²) >= 11 is 0. The lowest BCUT2D eigenvalue weighted by atomic mass is 9.73. The van der Waals surface area contributed by atoms with Crippen LogP contribution >= 0.6 is 0 Å². The van der Waals surface area contributed by atoms with E-state index in [-0.39, 0.29) is 11.9 Å². The quantitative estimate of drug-likeness (QED) is 0.223. The van der Waals surface area contributed by atoms with E-state index in [4.69, 9.17) is 0 Å². The maximum Gasteiger partial charge on any atom is 0.405 e. The Morgan fingerprint density at radius 1 is 0.881 bits per heavy atom. The lowest BCUT2D eigenvalue weighted by Crippen LogP contribution is -2.47. The number of nitrogens with one attached hydrogen (secondary N) is 2. The van der Waals surface area contributed by atoms with Gasteiger partial charge in [0, 0.05) is 18.2 Å². The zero-order valence-electron chi connectivity index (χ0n) is 24.6. The fourth-order valence-electron chi connectivity index (χ4n) is 6.02. The molecular weight excluding hydrogens is 539 g/mol. The first-order chi connectivity index (χ1) is 20.1. The molecule has 0 fully saturated rings. The SMILES string of the molecule is CCN(CCCCC1(C(=O)NCC(F)(F)F)c2ccccc2-c2ccccc21)CCC(C)NC(=O)c1ccccc1C. The molecule has 0 saturated carbocycles. The van der Waals surface area contributed by atoms with Crippen molar-refractivity contribution in [2.75, 3.05) is 26.2 Å². The van der Waals surface area contributed by atoms with Crippen molar-refractivity contribution in [2.45, 2.75) is 64.1 Å². The van der Waals surface area contributed by atoms with Crippen LogP contribution in [0.1, 0.15) is 66.6 Å². The molecule has 0 heterocycles. The van der Waals surface area contributed by atoms with E-state index in [1.165, 1.54) is 0 Å². The Morgan fingerprint density at radius 2 is 1.48 bits per heavy atom. The van der Waals surface area contributed by atoms with E-state index < -0.39 is 24.0 Å². The second kappa shape index (κ2) is 13.6. The van der Waals surface area contributed by atoms with Gasteiger partial charge in [-0.2, -0.15) is 13.2 Å². The Hall–Kier alpha value is -3.65. The van der Waals surface area contributed by atoms with Gasteiger partial charge >= 0.3 is 6.18 Å². The molecule has 0 aliphatic heterocycles. The fraction of sp³-hybridized carbons (Fsp3) is 0.412. The molecule has 0 aromatic heterocycles. The van der Waals surface area contributed by atoms with Crippen LogP contribution < -0.4 is 10.6 Å². The molecule has 4 rings (SSSR count). The molecule has 3 aromatic rings. The smallest absolute Gasteiger partial charge is 0.350 e. The number of hydrogen-bond acceptors (Lipinski definition) is 3. The van der Waals surface area contributed by atoms with E-state index in [2.05, 4.69) is 22.5 Å². The summed E-state index contributed by atoms with van der Waals surface area (Å²) in [6.45, 7) is 7.08. The van der Waals surface area contributed by atoms with E-state index >= 15 is 0 Å². The number of benzene rings is 3. The highest BCUT2D eigenvalue weighted by atomic mass is 19.4. The minimum absolute atomic E-state index is 0.00162. The zero-order chi connectivity index (χ0) is 30.3. The van der Waals surface area contributed by atoms with Crippen molar-refractivity contribution in [3.8, 4) is 11.1 Å². The molecule has 0 saturated heterocycles. The summed E-state index contributed by atoms with van der Waals surface area (Å²) in [6, 6.07) is 22.6. The van der Waals surface area contributed by atoms with Crippen LogP contribution in [0, 0.1) is 6.92 Å². The molecule has 1 aliphatic carbocycles. The first-order valence-electron chi connectivity index (χ1n) is 14.7. The highest BCUT2D eigenvalue weighted by molar-refractivity contribution is 6.00. The largest absolute Gasteiger partial charge is 0.405 e. The van der Waals surface area contributed by atoms with Gasteiger partial charge in [0.25, 0.3) is 5.91 Å². The number of nitrogens with zero attached hydrogens (tertiary/aromatic N) is 1. The van der Waals surface area contributed by atoms with Gasteiger partial charge in [-0.3, -0.25) is 9.59 Å². The minimum atomic E-state index is -4.49. The molecule has 8 heteroatoms. The number of hydrogen-bond donors (Lipinski definition) is 2. The molecule has 42 heavy (non-hydrogen) atoms. The summed E-state index contributed by atoms with van der Waals surface area (Å²) in [5.41, 5.74) is 3.76. The van der Waals surface area contributed by atoms with Crippen molar-refractivity contribution >= 4 is 11.8 Å². The normalized spacial score (nSPS) is 14.3. The Kier molecular flexibility index (Phi) is 10.1. The average Bonchev–Trinajstić information content (AvgIpc) is 3.26. The van der Waals surface area contributed by atoms with Crippen molar-refractivity contribution in [1.82, 2.24) is 15.5 Å². The number of amides is 2. The molecule has 0 radical (unpaired) electrons. The first kappa shape index (κ1) is 31.3. The van der Waals surface area contributed by atoms with Crippen LogP contribution in [0.25, 0.3) is 11.1 Å². The highest BCUT2D eigenvalue weighted by Crippen LogP contribution is 2.51. The van der Waals surface area contributed by atoms with E-state index in [0.29, 0.717) is 18.4 Å². The third-order valence-electron chi connectivity index (χ3n) is 8.27. The fourth-order valence-corrected chi connectivity index (χ4v) is 6.02. The number of aryl methyl sites for hydroxylation is 1. The second-order valence-corrected chi connectivity index (χ2v) is 11.2. The number of fused-ring (bicyclic) bond motifs is 3. The predicted octanol–water partition coefficient (Wildman–Crippen LogP) is 6.64. The lowest BCUT2D eigenvalue weighted by Gasteiger charge is -2.31. The minimum Gasteiger partial charge on any atom is -0.350 e. The molecule has 2 amide bonds. The van der Waals surface area contributed by atoms with Crippen LogP contribution in [-0.4, -0.2) is 55.1 Å². The van der Waals surface area contributed by atoms with Crippen LogP contribution in [0.15, 0.2) is 72.8 Å². The topological polar surface area (TPSA) is 61.4 Å². The Morgan fingerprint density at radius 3 is 2.07 bits per heavy atom. The standard InChI is InChI=1S/C34H40F3N3O2/c1-4-40(22-19-25(3)39-31(41)26-14-6-5-13-24(26)2)21-12-11-20-33(32(42)38-23-34(35,36)37)29-17-9-7-15-27(29)28-16-8-10-18-30(28)33/h5-10,13-18,25H,4,11-12,19-23H2,1-3H3,(H,38,42)(H,39,41). The van der Waals surface area contributed by atoms with Crippen LogP contribution in [0.5, 0.6) is 0 Å².